The summed E-state index contributed by atoms with van der Waals surface area (Å²) in [7, 11) is 1.40. The van der Waals surface area contributed by atoms with E-state index in [1.165, 1.54) is 7.11 Å². The van der Waals surface area contributed by atoms with Crippen molar-refractivity contribution in [2.75, 3.05) is 13.7 Å². The van der Waals surface area contributed by atoms with Crippen LogP contribution in [-0.4, -0.2) is 49.4 Å². The summed E-state index contributed by atoms with van der Waals surface area (Å²) in [5.41, 5.74) is 0.120. The average molecular weight is 421 g/mol. The Morgan fingerprint density at radius 1 is 1.10 bits per heavy atom. The minimum absolute atomic E-state index is 0.0850. The van der Waals surface area contributed by atoms with Gasteiger partial charge in [0.1, 0.15) is 24.3 Å². The number of benzene rings is 1. The molecule has 1 aromatic carbocycles. The number of allylic oxidation sites excluding steroid dienone is 1. The molecule has 1 rings (SSSR count). The van der Waals surface area contributed by atoms with Gasteiger partial charge in [0.2, 0.25) is 5.91 Å². The van der Waals surface area contributed by atoms with Crippen molar-refractivity contribution < 1.29 is 28.6 Å². The highest BCUT2D eigenvalue weighted by Gasteiger charge is 2.28. The van der Waals surface area contributed by atoms with Crippen molar-refractivity contribution in [2.24, 2.45) is 0 Å². The van der Waals surface area contributed by atoms with E-state index in [4.69, 9.17) is 14.2 Å². The third kappa shape index (κ3) is 10.1. The number of carbonyl (C=O) groups is 3. The van der Waals surface area contributed by atoms with Crippen molar-refractivity contribution in [1.82, 2.24) is 10.6 Å². The zero-order chi connectivity index (χ0) is 22.6. The molecule has 0 fully saturated rings. The van der Waals surface area contributed by atoms with Crippen molar-refractivity contribution in [3.05, 3.63) is 48.6 Å². The molecule has 0 bridgehead atoms. The molecule has 0 saturated heterocycles. The first-order valence-electron chi connectivity index (χ1n) is 9.76. The first-order chi connectivity index (χ1) is 14.2. The van der Waals surface area contributed by atoms with Gasteiger partial charge in [0.05, 0.1) is 6.61 Å². The number of nitrogens with one attached hydrogen (secondary N) is 2. The van der Waals surface area contributed by atoms with Gasteiger partial charge in [-0.05, 0) is 39.2 Å². The Balaban J connectivity index is 2.76. The smallest absolute Gasteiger partial charge is 0.408 e. The van der Waals surface area contributed by atoms with Crippen molar-refractivity contribution in [2.45, 2.75) is 57.9 Å². The Morgan fingerprint density at radius 3 is 2.33 bits per heavy atom. The molecule has 8 heteroatoms. The molecule has 0 aromatic heterocycles. The maximum Gasteiger partial charge on any atom is 0.408 e. The predicted molar refractivity (Wildman–Crippen MR) is 113 cm³/mol. The number of amides is 2. The third-order valence-electron chi connectivity index (χ3n) is 3.83. The van der Waals surface area contributed by atoms with Gasteiger partial charge in [0.15, 0.2) is 0 Å². The molecule has 0 heterocycles. The van der Waals surface area contributed by atoms with Crippen molar-refractivity contribution in [1.29, 1.82) is 0 Å². The van der Waals surface area contributed by atoms with Crippen LogP contribution in [0.5, 0.6) is 0 Å². The lowest BCUT2D eigenvalue weighted by Crippen LogP contribution is -2.54. The maximum absolute atomic E-state index is 12.7. The molecule has 0 aliphatic carbocycles. The minimum atomic E-state index is -1.03. The summed E-state index contributed by atoms with van der Waals surface area (Å²) in [6.07, 6.45) is 1.71. The average Bonchev–Trinajstić information content (AvgIpc) is 2.68. The van der Waals surface area contributed by atoms with Crippen LogP contribution in [0.25, 0.3) is 0 Å². The van der Waals surface area contributed by atoms with Gasteiger partial charge in [-0.15, -0.1) is 6.58 Å². The van der Waals surface area contributed by atoms with E-state index in [2.05, 4.69) is 17.2 Å². The van der Waals surface area contributed by atoms with Crippen LogP contribution in [0.4, 0.5) is 4.79 Å². The summed E-state index contributed by atoms with van der Waals surface area (Å²) in [4.78, 5) is 37.3. The van der Waals surface area contributed by atoms with Gasteiger partial charge in [-0.2, -0.15) is 0 Å². The fraction of sp³-hybridized carbons (Fsp3) is 0.500. The Labute approximate surface area is 178 Å². The molecule has 0 unspecified atom stereocenters. The number of hydrogen-bond acceptors (Lipinski definition) is 6. The molecule has 2 atom stereocenters. The van der Waals surface area contributed by atoms with Gasteiger partial charge in [-0.3, -0.25) is 4.79 Å². The molecule has 0 aliphatic rings. The fourth-order valence-corrected chi connectivity index (χ4v) is 2.43. The summed E-state index contributed by atoms with van der Waals surface area (Å²) in [6, 6.07) is 7.31. The molecule has 1 aromatic rings. The minimum Gasteiger partial charge on any atom is -0.459 e. The lowest BCUT2D eigenvalue weighted by molar-refractivity contribution is -0.149. The van der Waals surface area contributed by atoms with E-state index in [1.807, 2.05) is 30.3 Å². The Bertz CT molecular complexity index is 699. The lowest BCUT2D eigenvalue weighted by atomic mass is 10.1. The van der Waals surface area contributed by atoms with E-state index < -0.39 is 35.7 Å². The number of methoxy groups -OCH3 is 1. The van der Waals surface area contributed by atoms with E-state index in [0.717, 1.165) is 5.56 Å². The van der Waals surface area contributed by atoms with Crippen LogP contribution in [-0.2, 0) is 30.4 Å². The summed E-state index contributed by atoms with van der Waals surface area (Å²) in [5, 5.41) is 5.09. The van der Waals surface area contributed by atoms with Crippen LogP contribution in [0.1, 0.15) is 39.2 Å². The Kier molecular flexibility index (Phi) is 10.6. The number of ether oxygens (including phenoxy) is 3. The van der Waals surface area contributed by atoms with Crippen LogP contribution in [0.15, 0.2) is 43.0 Å². The van der Waals surface area contributed by atoms with Crippen LogP contribution in [0, 0.1) is 0 Å². The molecule has 2 amide bonds. The highest BCUT2D eigenvalue weighted by molar-refractivity contribution is 5.89. The van der Waals surface area contributed by atoms with Gasteiger partial charge in [0, 0.05) is 7.11 Å². The summed E-state index contributed by atoms with van der Waals surface area (Å²) < 4.78 is 15.5. The first kappa shape index (κ1) is 25.2. The van der Waals surface area contributed by atoms with Gasteiger partial charge >= 0.3 is 12.1 Å². The molecule has 2 N–H and O–H groups in total. The molecule has 30 heavy (non-hydrogen) atoms. The molecule has 8 nitrogen and oxygen atoms in total. The van der Waals surface area contributed by atoms with E-state index in [-0.39, 0.29) is 13.2 Å². The molecule has 0 aliphatic heterocycles. The predicted octanol–water partition coefficient (Wildman–Crippen LogP) is 2.72. The zero-order valence-electron chi connectivity index (χ0n) is 18.1. The number of carbonyl (C=O) groups excluding carboxylic acids is 3. The topological polar surface area (TPSA) is 103 Å². The number of hydrogen-bond donors (Lipinski definition) is 2. The van der Waals surface area contributed by atoms with E-state index >= 15 is 0 Å². The van der Waals surface area contributed by atoms with Crippen LogP contribution < -0.4 is 10.6 Å². The highest BCUT2D eigenvalue weighted by Crippen LogP contribution is 2.08. The second kappa shape index (κ2) is 12.6. The molecular formula is C22H32N2O6. The largest absolute Gasteiger partial charge is 0.459 e. The SMILES string of the molecule is C=CCC[C@H](NC(=O)[C@H](COC)NC(=O)OC(C)(C)C)C(=O)OCc1ccccc1. The molecule has 0 spiro atoms. The lowest BCUT2D eigenvalue weighted by Gasteiger charge is -2.24. The Hall–Kier alpha value is -2.87. The van der Waals surface area contributed by atoms with Crippen molar-refractivity contribution in [3.8, 4) is 0 Å². The highest BCUT2D eigenvalue weighted by atomic mass is 16.6. The zero-order valence-corrected chi connectivity index (χ0v) is 18.1. The fourth-order valence-electron chi connectivity index (χ4n) is 2.43. The molecule has 0 saturated carbocycles. The van der Waals surface area contributed by atoms with Crippen LogP contribution in [0.3, 0.4) is 0 Å². The number of alkyl carbamates (subject to hydrolysis) is 1. The van der Waals surface area contributed by atoms with Crippen molar-refractivity contribution in [3.63, 3.8) is 0 Å². The standard InChI is InChI=1S/C22H32N2O6/c1-6-7-13-17(20(26)29-14-16-11-9-8-10-12-16)23-19(25)18(15-28-5)24-21(27)30-22(2,3)4/h6,8-12,17-18H,1,7,13-15H2,2-5H3,(H,23,25)(H,24,27)/t17-,18-/m0/s1. The van der Waals surface area contributed by atoms with E-state index in [9.17, 15) is 14.4 Å². The molecule has 0 radical (unpaired) electrons. The number of esters is 1. The normalized spacial score (nSPS) is 12.9. The second-order valence-corrected chi connectivity index (χ2v) is 7.67. The van der Waals surface area contributed by atoms with E-state index in [1.54, 1.807) is 26.8 Å². The van der Waals surface area contributed by atoms with Crippen molar-refractivity contribution >= 4 is 18.0 Å². The molecular weight excluding hydrogens is 388 g/mol. The quantitative estimate of drug-likeness (QED) is 0.421. The Morgan fingerprint density at radius 2 is 1.77 bits per heavy atom. The van der Waals surface area contributed by atoms with Crippen LogP contribution in [0.2, 0.25) is 0 Å². The summed E-state index contributed by atoms with van der Waals surface area (Å²) in [6.45, 7) is 8.80. The van der Waals surface area contributed by atoms with Gasteiger partial charge in [-0.1, -0.05) is 36.4 Å². The number of rotatable bonds is 11. The summed E-state index contributed by atoms with van der Waals surface area (Å²) in [5.74, 6) is -1.14. The van der Waals surface area contributed by atoms with Gasteiger partial charge < -0.3 is 24.8 Å². The van der Waals surface area contributed by atoms with Gasteiger partial charge in [0.25, 0.3) is 0 Å². The first-order valence-corrected chi connectivity index (χ1v) is 9.76. The summed E-state index contributed by atoms with van der Waals surface area (Å²) >= 11 is 0. The second-order valence-electron chi connectivity index (χ2n) is 7.67. The molecule has 166 valence electrons. The van der Waals surface area contributed by atoms with Gasteiger partial charge in [-0.25, -0.2) is 9.59 Å². The third-order valence-corrected chi connectivity index (χ3v) is 3.83. The van der Waals surface area contributed by atoms with E-state index in [0.29, 0.717) is 12.8 Å². The monoisotopic (exact) mass is 420 g/mol. The maximum atomic E-state index is 12.7. The van der Waals surface area contributed by atoms with Crippen LogP contribution >= 0.6 is 0 Å².